The molecule has 0 saturated heterocycles. The van der Waals surface area contributed by atoms with E-state index in [4.69, 9.17) is 17.3 Å². The number of carboxylic acid groups (broad SMARTS) is 1. The van der Waals surface area contributed by atoms with Gasteiger partial charge >= 0.3 is 5.97 Å². The van der Waals surface area contributed by atoms with Crippen LogP contribution in [0.4, 0.5) is 5.69 Å². The normalized spacial score (nSPS) is 13.7. The Morgan fingerprint density at radius 2 is 1.88 bits per heavy atom. The van der Waals surface area contributed by atoms with Crippen molar-refractivity contribution in [2.45, 2.75) is 24.7 Å². The van der Waals surface area contributed by atoms with Gasteiger partial charge in [0.1, 0.15) is 5.69 Å². The largest absolute Gasteiger partial charge is 0.505 e. The number of nitrogens with one attached hydrogen (secondary N) is 2. The lowest BCUT2D eigenvalue weighted by Crippen LogP contribution is -2.19. The number of rotatable bonds is 7. The average molecular weight is 506 g/mol. The van der Waals surface area contributed by atoms with Crippen molar-refractivity contribution in [3.05, 3.63) is 40.5 Å². The number of hydrogen-bond donors (Lipinski definition) is 5. The molecular formula is C22H20ClN3O7S. The molecule has 178 valence electrons. The van der Waals surface area contributed by atoms with Crippen LogP contribution in [0.3, 0.4) is 0 Å². The number of carboxylic acids is 1. The van der Waals surface area contributed by atoms with Crippen molar-refractivity contribution in [1.29, 1.82) is 0 Å². The number of hydrogen-bond acceptors (Lipinski definition) is 6. The van der Waals surface area contributed by atoms with Crippen molar-refractivity contribution in [3.8, 4) is 16.9 Å². The summed E-state index contributed by atoms with van der Waals surface area (Å²) in [5, 5.41) is 23.8. The summed E-state index contributed by atoms with van der Waals surface area (Å²) in [6.07, 6.45) is 1.20. The number of carbonyl (C=O) groups excluding carboxylic acids is 2. The Kier molecular flexibility index (Phi) is 5.78. The smallest absolute Gasteiger partial charge is 0.352 e. The van der Waals surface area contributed by atoms with Crippen LogP contribution in [0.2, 0.25) is 5.02 Å². The molecule has 0 bridgehead atoms. The third-order valence-corrected chi connectivity index (χ3v) is 7.65. The Morgan fingerprint density at radius 1 is 1.21 bits per heavy atom. The zero-order valence-electron chi connectivity index (χ0n) is 17.8. The van der Waals surface area contributed by atoms with Crippen molar-refractivity contribution in [2.75, 3.05) is 11.1 Å². The molecule has 6 N–H and O–H groups in total. The monoisotopic (exact) mass is 505 g/mol. The van der Waals surface area contributed by atoms with Crippen molar-refractivity contribution in [1.82, 2.24) is 4.98 Å². The molecule has 0 atom stereocenters. The zero-order valence-corrected chi connectivity index (χ0v) is 19.4. The summed E-state index contributed by atoms with van der Waals surface area (Å²) in [7, 11) is -4.12. The first-order valence-electron chi connectivity index (χ1n) is 10.2. The van der Waals surface area contributed by atoms with Gasteiger partial charge in [-0.05, 0) is 37.1 Å². The molecule has 1 aliphatic carbocycles. The molecule has 10 nitrogen and oxygen atoms in total. The lowest BCUT2D eigenvalue weighted by molar-refractivity contribution is -0.117. The molecule has 34 heavy (non-hydrogen) atoms. The third kappa shape index (κ3) is 3.97. The van der Waals surface area contributed by atoms with E-state index in [1.165, 1.54) is 25.1 Å². The molecule has 1 aliphatic rings. The highest BCUT2D eigenvalue weighted by molar-refractivity contribution is 7.91. The summed E-state index contributed by atoms with van der Waals surface area (Å²) >= 11 is 6.14. The second-order valence-electron chi connectivity index (χ2n) is 7.92. The van der Waals surface area contributed by atoms with Crippen LogP contribution < -0.4 is 11.1 Å². The maximum Gasteiger partial charge on any atom is 0.352 e. The van der Waals surface area contributed by atoms with E-state index in [9.17, 15) is 33.0 Å². The Bertz CT molecular complexity index is 1490. The van der Waals surface area contributed by atoms with Gasteiger partial charge in [-0.1, -0.05) is 18.5 Å². The van der Waals surface area contributed by atoms with E-state index < -0.39 is 61.0 Å². The maximum absolute atomic E-state index is 13.1. The molecule has 2 aromatic carbocycles. The van der Waals surface area contributed by atoms with Crippen LogP contribution in [0.25, 0.3) is 22.0 Å². The first-order chi connectivity index (χ1) is 16.0. The molecule has 1 heterocycles. The van der Waals surface area contributed by atoms with Crippen molar-refractivity contribution in [2.24, 2.45) is 11.7 Å². The summed E-state index contributed by atoms with van der Waals surface area (Å²) in [5.41, 5.74) is 3.98. The van der Waals surface area contributed by atoms with E-state index >= 15 is 0 Å². The number of primary amides is 1. The number of nitrogens with two attached hydrogens (primary N) is 1. The Labute approximate surface area is 198 Å². The van der Waals surface area contributed by atoms with Crippen LogP contribution in [0.1, 0.15) is 40.6 Å². The van der Waals surface area contributed by atoms with Gasteiger partial charge in [-0.3, -0.25) is 9.59 Å². The highest BCUT2D eigenvalue weighted by Gasteiger charge is 2.35. The van der Waals surface area contributed by atoms with Gasteiger partial charge in [-0.2, -0.15) is 0 Å². The number of aromatic hydroxyl groups is 1. The van der Waals surface area contributed by atoms with E-state index in [0.29, 0.717) is 18.4 Å². The van der Waals surface area contributed by atoms with E-state index in [-0.39, 0.29) is 27.5 Å². The molecule has 4 rings (SSSR count). The van der Waals surface area contributed by atoms with Gasteiger partial charge < -0.3 is 26.2 Å². The second kappa shape index (κ2) is 8.33. The second-order valence-corrected chi connectivity index (χ2v) is 10.6. The number of H-pyrrole nitrogens is 1. The number of phenols is 1. The number of halogens is 1. The predicted octanol–water partition coefficient (Wildman–Crippen LogP) is 3.13. The topological polar surface area (TPSA) is 180 Å². The van der Waals surface area contributed by atoms with Gasteiger partial charge in [0.05, 0.1) is 21.9 Å². The molecule has 0 aliphatic heterocycles. The molecule has 3 aromatic rings. The summed E-state index contributed by atoms with van der Waals surface area (Å²) in [5.74, 6) is -4.58. The quantitative estimate of drug-likeness (QED) is 0.306. The van der Waals surface area contributed by atoms with Crippen LogP contribution in [0.5, 0.6) is 5.75 Å². The van der Waals surface area contributed by atoms with E-state index in [0.717, 1.165) is 6.07 Å². The minimum atomic E-state index is -4.12. The van der Waals surface area contributed by atoms with Crippen molar-refractivity contribution < 1.29 is 33.0 Å². The molecule has 0 spiro atoms. The standard InChI is InChI=1S/C22H20ClN3O7S/c1-2-34(32,33)14-8-12(20(24)28)19(27)17(26-21(29)9-3-4-9)16(14)15-11-7-10(23)5-6-13(11)25-18(15)22(30)31/h5-9,25,27H,2-4H2,1H3,(H2,24,28)(H,26,29)(H,30,31). The molecule has 2 amide bonds. The van der Waals surface area contributed by atoms with Crippen LogP contribution in [0, 0.1) is 5.92 Å². The number of carbonyl (C=O) groups is 3. The van der Waals surface area contributed by atoms with Crippen LogP contribution in [-0.2, 0) is 14.6 Å². The molecule has 1 saturated carbocycles. The fourth-order valence-corrected chi connectivity index (χ4v) is 5.06. The minimum Gasteiger partial charge on any atom is -0.505 e. The van der Waals surface area contributed by atoms with Crippen LogP contribution in [0.15, 0.2) is 29.2 Å². The fraction of sp³-hybridized carbons (Fsp3) is 0.227. The molecular weight excluding hydrogens is 486 g/mol. The van der Waals surface area contributed by atoms with Gasteiger partial charge in [-0.15, -0.1) is 0 Å². The molecule has 1 aromatic heterocycles. The number of benzene rings is 2. The Hall–Kier alpha value is -3.57. The summed E-state index contributed by atoms with van der Waals surface area (Å²) in [6, 6.07) is 5.36. The first-order valence-corrected chi connectivity index (χ1v) is 12.3. The maximum atomic E-state index is 13.1. The lowest BCUT2D eigenvalue weighted by atomic mass is 9.96. The van der Waals surface area contributed by atoms with Crippen LogP contribution >= 0.6 is 11.6 Å². The molecule has 0 radical (unpaired) electrons. The number of sulfone groups is 1. The van der Waals surface area contributed by atoms with Gasteiger partial charge in [0.25, 0.3) is 5.91 Å². The fourth-order valence-electron chi connectivity index (χ4n) is 3.76. The van der Waals surface area contributed by atoms with Gasteiger partial charge in [0, 0.05) is 33.0 Å². The molecule has 0 unspecified atom stereocenters. The predicted molar refractivity (Wildman–Crippen MR) is 125 cm³/mol. The van der Waals surface area contributed by atoms with E-state index in [2.05, 4.69) is 10.3 Å². The van der Waals surface area contributed by atoms with Crippen molar-refractivity contribution in [3.63, 3.8) is 0 Å². The van der Waals surface area contributed by atoms with E-state index in [1.807, 2.05) is 0 Å². The van der Waals surface area contributed by atoms with Crippen molar-refractivity contribution >= 4 is 55.8 Å². The molecule has 1 fully saturated rings. The number of amides is 2. The van der Waals surface area contributed by atoms with Gasteiger partial charge in [0.15, 0.2) is 15.6 Å². The highest BCUT2D eigenvalue weighted by Crippen LogP contribution is 2.47. The number of anilines is 1. The van der Waals surface area contributed by atoms with Gasteiger partial charge in [-0.25, -0.2) is 13.2 Å². The zero-order chi connectivity index (χ0) is 24.9. The average Bonchev–Trinajstić information content (AvgIpc) is 3.55. The number of fused-ring (bicyclic) bond motifs is 1. The lowest BCUT2D eigenvalue weighted by Gasteiger charge is -2.19. The Balaban J connectivity index is 2.21. The summed E-state index contributed by atoms with van der Waals surface area (Å²) in [6.45, 7) is 1.36. The first kappa shape index (κ1) is 23.6. The molecule has 12 heteroatoms. The SMILES string of the molecule is CCS(=O)(=O)c1cc(C(N)=O)c(O)c(NC(=O)C2CC2)c1-c1c(C(=O)O)[nH]c2ccc(Cl)cc12. The highest BCUT2D eigenvalue weighted by atomic mass is 35.5. The minimum absolute atomic E-state index is 0.116. The Morgan fingerprint density at radius 3 is 2.44 bits per heavy atom. The third-order valence-electron chi connectivity index (χ3n) is 5.67. The van der Waals surface area contributed by atoms with E-state index in [1.54, 1.807) is 0 Å². The van der Waals surface area contributed by atoms with Gasteiger partial charge in [0.2, 0.25) is 5.91 Å². The number of aromatic nitrogens is 1. The number of aromatic amines is 1. The summed E-state index contributed by atoms with van der Waals surface area (Å²) < 4.78 is 26.3. The van der Waals surface area contributed by atoms with Crippen LogP contribution in [-0.4, -0.2) is 47.2 Å². The number of aromatic carboxylic acids is 1. The summed E-state index contributed by atoms with van der Waals surface area (Å²) in [4.78, 5) is 39.1.